The summed E-state index contributed by atoms with van der Waals surface area (Å²) in [6, 6.07) is 4.32. The maximum absolute atomic E-state index is 12.8. The zero-order chi connectivity index (χ0) is 19.2. The Labute approximate surface area is 148 Å². The van der Waals surface area contributed by atoms with Gasteiger partial charge in [-0.1, -0.05) is 29.4 Å². The minimum absolute atomic E-state index is 0.000494. The highest BCUT2D eigenvalue weighted by atomic mass is 19.4. The Bertz CT molecular complexity index is 822. The molecule has 4 atom stereocenters. The van der Waals surface area contributed by atoms with Gasteiger partial charge in [0.2, 0.25) is 5.91 Å². The second-order valence-corrected chi connectivity index (χ2v) is 6.85. The van der Waals surface area contributed by atoms with Crippen LogP contribution < -0.4 is 5.32 Å². The van der Waals surface area contributed by atoms with E-state index in [0.717, 1.165) is 23.3 Å². The van der Waals surface area contributed by atoms with Crippen LogP contribution in [0.3, 0.4) is 0 Å². The Morgan fingerprint density at radius 2 is 1.69 bits per heavy atom. The zero-order valence-corrected chi connectivity index (χ0v) is 14.2. The van der Waals surface area contributed by atoms with E-state index in [4.69, 9.17) is 0 Å². The number of amides is 1. The van der Waals surface area contributed by atoms with Gasteiger partial charge in [0.15, 0.2) is 0 Å². The van der Waals surface area contributed by atoms with E-state index < -0.39 is 35.5 Å². The van der Waals surface area contributed by atoms with E-state index in [-0.39, 0.29) is 17.5 Å². The number of carboxylic acid groups (broad SMARTS) is 1. The minimum Gasteiger partial charge on any atom is -0.481 e. The van der Waals surface area contributed by atoms with Crippen molar-refractivity contribution in [2.24, 2.45) is 23.7 Å². The molecule has 4 nitrogen and oxygen atoms in total. The second kappa shape index (κ2) is 6.30. The maximum Gasteiger partial charge on any atom is 0.416 e. The van der Waals surface area contributed by atoms with Crippen molar-refractivity contribution in [3.8, 4) is 0 Å². The van der Waals surface area contributed by atoms with E-state index in [9.17, 15) is 27.9 Å². The molecule has 3 rings (SSSR count). The molecule has 1 aromatic rings. The summed E-state index contributed by atoms with van der Waals surface area (Å²) >= 11 is 0. The molecular formula is C19H18F3NO3. The van der Waals surface area contributed by atoms with E-state index in [0.29, 0.717) is 0 Å². The van der Waals surface area contributed by atoms with Crippen molar-refractivity contribution in [1.29, 1.82) is 0 Å². The summed E-state index contributed by atoms with van der Waals surface area (Å²) in [4.78, 5) is 24.5. The van der Waals surface area contributed by atoms with Crippen LogP contribution in [-0.2, 0) is 15.8 Å². The van der Waals surface area contributed by atoms with Gasteiger partial charge in [-0.2, -0.15) is 13.2 Å². The van der Waals surface area contributed by atoms with Crippen molar-refractivity contribution >= 4 is 17.6 Å². The van der Waals surface area contributed by atoms with Crippen molar-refractivity contribution in [3.63, 3.8) is 0 Å². The summed E-state index contributed by atoms with van der Waals surface area (Å²) in [5.74, 6) is -4.10. The molecule has 1 aromatic carbocycles. The molecule has 2 bridgehead atoms. The van der Waals surface area contributed by atoms with Crippen LogP contribution in [0.15, 0.2) is 47.6 Å². The SMILES string of the molecule is CC(C)=C1[C@H]2C=C[C@H]1[C@@H](C(=O)Nc1cccc(C(F)(F)F)c1)[C@@H]2C(=O)O. The number of hydrogen-bond acceptors (Lipinski definition) is 2. The Kier molecular flexibility index (Phi) is 4.42. The average molecular weight is 365 g/mol. The fourth-order valence-corrected chi connectivity index (χ4v) is 4.04. The molecule has 2 N–H and O–H groups in total. The highest BCUT2D eigenvalue weighted by Crippen LogP contribution is 2.53. The minimum atomic E-state index is -4.52. The summed E-state index contributed by atoms with van der Waals surface area (Å²) in [5.41, 5.74) is 1.01. The van der Waals surface area contributed by atoms with E-state index in [1.54, 1.807) is 6.08 Å². The first-order valence-electron chi connectivity index (χ1n) is 8.17. The van der Waals surface area contributed by atoms with Crippen LogP contribution >= 0.6 is 0 Å². The highest BCUT2D eigenvalue weighted by Gasteiger charge is 2.54. The number of alkyl halides is 3. The third-order valence-electron chi connectivity index (χ3n) is 5.03. The Morgan fingerprint density at radius 1 is 1.08 bits per heavy atom. The van der Waals surface area contributed by atoms with Gasteiger partial charge in [0, 0.05) is 17.5 Å². The number of carboxylic acids is 1. The fraction of sp³-hybridized carbons (Fsp3) is 0.368. The van der Waals surface area contributed by atoms with Crippen molar-refractivity contribution in [2.75, 3.05) is 5.32 Å². The molecule has 26 heavy (non-hydrogen) atoms. The van der Waals surface area contributed by atoms with E-state index in [1.807, 2.05) is 19.9 Å². The number of aliphatic carboxylic acids is 1. The zero-order valence-electron chi connectivity index (χ0n) is 14.2. The number of carbonyl (C=O) groups excluding carboxylic acids is 1. The monoisotopic (exact) mass is 365 g/mol. The first-order valence-corrected chi connectivity index (χ1v) is 8.17. The molecule has 1 saturated carbocycles. The van der Waals surface area contributed by atoms with Gasteiger partial charge in [0.05, 0.1) is 17.4 Å². The first-order chi connectivity index (χ1) is 12.1. The van der Waals surface area contributed by atoms with Crippen LogP contribution in [0, 0.1) is 23.7 Å². The average Bonchev–Trinajstić information content (AvgIpc) is 3.10. The molecule has 2 aliphatic carbocycles. The topological polar surface area (TPSA) is 66.4 Å². The molecule has 1 amide bonds. The normalized spacial score (nSPS) is 26.9. The molecule has 0 spiro atoms. The lowest BCUT2D eigenvalue weighted by Gasteiger charge is -2.23. The molecule has 0 aliphatic heterocycles. The maximum atomic E-state index is 12.8. The van der Waals surface area contributed by atoms with Gasteiger partial charge in [0.25, 0.3) is 0 Å². The van der Waals surface area contributed by atoms with Crippen molar-refractivity contribution in [1.82, 2.24) is 0 Å². The predicted molar refractivity (Wildman–Crippen MR) is 89.2 cm³/mol. The summed E-state index contributed by atoms with van der Waals surface area (Å²) in [6.07, 6.45) is -0.891. The van der Waals surface area contributed by atoms with Crippen molar-refractivity contribution in [3.05, 3.63) is 53.1 Å². The molecule has 0 saturated heterocycles. The van der Waals surface area contributed by atoms with Gasteiger partial charge in [0.1, 0.15) is 0 Å². The molecule has 138 valence electrons. The number of rotatable bonds is 3. The molecule has 0 radical (unpaired) electrons. The molecule has 0 heterocycles. The van der Waals surface area contributed by atoms with Crippen molar-refractivity contribution < 1.29 is 27.9 Å². The Balaban J connectivity index is 1.89. The highest BCUT2D eigenvalue weighted by molar-refractivity contribution is 5.97. The lowest BCUT2D eigenvalue weighted by atomic mass is 9.82. The number of hydrogen-bond donors (Lipinski definition) is 2. The fourth-order valence-electron chi connectivity index (χ4n) is 4.04. The number of benzene rings is 1. The Hall–Kier alpha value is -2.57. The molecule has 1 fully saturated rings. The predicted octanol–water partition coefficient (Wildman–Crippen LogP) is 4.11. The second-order valence-electron chi connectivity index (χ2n) is 6.85. The molecule has 0 aromatic heterocycles. The standard InChI is InChI=1S/C19H18F3NO3/c1-9(2)14-12-6-7-13(14)16(18(25)26)15(12)17(24)23-11-5-3-4-10(8-11)19(20,21)22/h3-8,12-13,15-16H,1-2H3,(H,23,24)(H,25,26)/t12-,13-,15-,16-/m1/s1. The summed E-state index contributed by atoms with van der Waals surface area (Å²) in [6.45, 7) is 3.74. The van der Waals surface area contributed by atoms with Crippen LogP contribution in [0.1, 0.15) is 19.4 Å². The molecule has 7 heteroatoms. The number of carbonyl (C=O) groups is 2. The summed E-state index contributed by atoms with van der Waals surface area (Å²) in [5, 5.41) is 12.1. The van der Waals surface area contributed by atoms with E-state index >= 15 is 0 Å². The van der Waals surface area contributed by atoms with Crippen LogP contribution in [0.4, 0.5) is 18.9 Å². The first kappa shape index (κ1) is 18.2. The number of nitrogens with one attached hydrogen (secondary N) is 1. The Morgan fingerprint density at radius 3 is 2.23 bits per heavy atom. The van der Waals surface area contributed by atoms with Crippen molar-refractivity contribution in [2.45, 2.75) is 20.0 Å². The van der Waals surface area contributed by atoms with Crippen LogP contribution in [0.25, 0.3) is 0 Å². The largest absolute Gasteiger partial charge is 0.481 e. The van der Waals surface area contributed by atoms with Crippen LogP contribution in [0.5, 0.6) is 0 Å². The third-order valence-corrected chi connectivity index (χ3v) is 5.03. The lowest BCUT2D eigenvalue weighted by Crippen LogP contribution is -2.36. The van der Waals surface area contributed by atoms with E-state index in [1.165, 1.54) is 12.1 Å². The molecule has 0 unspecified atom stereocenters. The number of fused-ring (bicyclic) bond motifs is 2. The molecular weight excluding hydrogens is 347 g/mol. The van der Waals surface area contributed by atoms with Gasteiger partial charge in [-0.15, -0.1) is 0 Å². The smallest absolute Gasteiger partial charge is 0.416 e. The van der Waals surface area contributed by atoms with Gasteiger partial charge >= 0.3 is 12.1 Å². The number of anilines is 1. The third kappa shape index (κ3) is 3.02. The van der Waals surface area contributed by atoms with Gasteiger partial charge in [-0.25, -0.2) is 0 Å². The van der Waals surface area contributed by atoms with Crippen LogP contribution in [0.2, 0.25) is 0 Å². The molecule has 2 aliphatic rings. The van der Waals surface area contributed by atoms with Crippen LogP contribution in [-0.4, -0.2) is 17.0 Å². The van der Waals surface area contributed by atoms with Gasteiger partial charge < -0.3 is 10.4 Å². The summed E-state index contributed by atoms with van der Waals surface area (Å²) in [7, 11) is 0. The lowest BCUT2D eigenvalue weighted by molar-refractivity contribution is -0.146. The van der Waals surface area contributed by atoms with Gasteiger partial charge in [-0.3, -0.25) is 9.59 Å². The number of halogens is 3. The number of allylic oxidation sites excluding steroid dienone is 4. The van der Waals surface area contributed by atoms with Gasteiger partial charge in [-0.05, 0) is 32.0 Å². The van der Waals surface area contributed by atoms with E-state index in [2.05, 4.69) is 5.32 Å². The quantitative estimate of drug-likeness (QED) is 0.792. The summed E-state index contributed by atoms with van der Waals surface area (Å²) < 4.78 is 38.5.